The van der Waals surface area contributed by atoms with Crippen molar-refractivity contribution in [2.45, 2.75) is 122 Å². The van der Waals surface area contributed by atoms with Crippen LogP contribution in [0.2, 0.25) is 0 Å². The third-order valence-corrected chi connectivity index (χ3v) is 15.4. The van der Waals surface area contributed by atoms with Crippen molar-refractivity contribution in [1.82, 2.24) is 0 Å². The quantitative estimate of drug-likeness (QED) is 0.168. The van der Waals surface area contributed by atoms with E-state index in [4.69, 9.17) is 0 Å². The zero-order valence-electron chi connectivity index (χ0n) is 37.6. The molecule has 7 aromatic carbocycles. The predicted molar refractivity (Wildman–Crippen MR) is 258 cm³/mol. The molecule has 0 aliphatic heterocycles. The molecule has 0 bridgehead atoms. The molecule has 7 aromatic rings. The van der Waals surface area contributed by atoms with E-state index in [0.717, 1.165) is 0 Å². The minimum Gasteiger partial charge on any atom is -0.310 e. The number of hydrogen-bond acceptors (Lipinski definition) is 1. The first kappa shape index (κ1) is 38.8. The van der Waals surface area contributed by atoms with Crippen molar-refractivity contribution in [3.63, 3.8) is 0 Å². The molecular weight excluding hydrogens is 723 g/mol. The van der Waals surface area contributed by atoms with Gasteiger partial charge in [0.25, 0.3) is 0 Å². The fourth-order valence-corrected chi connectivity index (χ4v) is 11.3. The Morgan fingerprint density at radius 2 is 0.883 bits per heavy atom. The van der Waals surface area contributed by atoms with Crippen LogP contribution in [0.25, 0.3) is 44.2 Å². The van der Waals surface area contributed by atoms with Gasteiger partial charge in [0, 0.05) is 22.4 Å². The highest BCUT2D eigenvalue weighted by molar-refractivity contribution is 5.98. The van der Waals surface area contributed by atoms with E-state index in [1.54, 1.807) is 0 Å². The van der Waals surface area contributed by atoms with Gasteiger partial charge in [0.2, 0.25) is 0 Å². The molecule has 1 heteroatoms. The summed E-state index contributed by atoms with van der Waals surface area (Å²) in [6.45, 7) is 24.4. The van der Waals surface area contributed by atoms with Crippen molar-refractivity contribution in [2.24, 2.45) is 0 Å². The summed E-state index contributed by atoms with van der Waals surface area (Å²) >= 11 is 0. The van der Waals surface area contributed by atoms with Crippen molar-refractivity contribution < 1.29 is 0 Å². The van der Waals surface area contributed by atoms with E-state index >= 15 is 0 Å². The minimum absolute atomic E-state index is 0.0754. The molecule has 3 aliphatic carbocycles. The third-order valence-electron chi connectivity index (χ3n) is 15.4. The zero-order valence-corrected chi connectivity index (χ0v) is 37.6. The molecule has 0 aromatic heterocycles. The molecule has 302 valence electrons. The van der Waals surface area contributed by atoms with Gasteiger partial charge in [-0.15, -0.1) is 0 Å². The molecule has 0 N–H and O–H groups in total. The molecule has 3 aliphatic rings. The Morgan fingerprint density at radius 3 is 1.58 bits per heavy atom. The van der Waals surface area contributed by atoms with E-state index in [9.17, 15) is 0 Å². The Labute approximate surface area is 359 Å². The van der Waals surface area contributed by atoms with Crippen LogP contribution in [0.1, 0.15) is 128 Å². The molecule has 60 heavy (non-hydrogen) atoms. The second kappa shape index (κ2) is 13.3. The van der Waals surface area contributed by atoms with Gasteiger partial charge in [0.05, 0.1) is 5.69 Å². The fourth-order valence-electron chi connectivity index (χ4n) is 11.3. The molecule has 1 nitrogen and oxygen atoms in total. The Hall–Kier alpha value is -5.40. The monoisotopic (exact) mass is 783 g/mol. The minimum atomic E-state index is -0.146. The molecule has 0 amide bonds. The average Bonchev–Trinajstić information content (AvgIpc) is 3.46. The maximum atomic E-state index is 2.59. The van der Waals surface area contributed by atoms with Crippen LogP contribution in [0, 0.1) is 0 Å². The van der Waals surface area contributed by atoms with Crippen LogP contribution in [-0.4, -0.2) is 0 Å². The summed E-state index contributed by atoms with van der Waals surface area (Å²) in [7, 11) is 0. The summed E-state index contributed by atoms with van der Waals surface area (Å²) in [5, 5.41) is 2.55. The van der Waals surface area contributed by atoms with Crippen LogP contribution < -0.4 is 4.90 Å². The smallest absolute Gasteiger partial charge is 0.0543 e. The summed E-state index contributed by atoms with van der Waals surface area (Å²) in [5.41, 5.74) is 20.4. The molecule has 0 fully saturated rings. The highest BCUT2D eigenvalue weighted by Gasteiger charge is 2.41. The number of nitrogens with zero attached hydrogens (tertiary/aromatic N) is 1. The summed E-state index contributed by atoms with van der Waals surface area (Å²) in [6.07, 6.45) is 4.76. The van der Waals surface area contributed by atoms with Crippen LogP contribution >= 0.6 is 0 Å². The van der Waals surface area contributed by atoms with Crippen LogP contribution in [0.3, 0.4) is 0 Å². The van der Waals surface area contributed by atoms with Gasteiger partial charge in [-0.3, -0.25) is 0 Å². The van der Waals surface area contributed by atoms with Crippen LogP contribution in [0.15, 0.2) is 140 Å². The largest absolute Gasteiger partial charge is 0.310 e. The van der Waals surface area contributed by atoms with Gasteiger partial charge in [-0.05, 0) is 156 Å². The average molecular weight is 784 g/mol. The number of hydrogen-bond donors (Lipinski definition) is 0. The lowest BCUT2D eigenvalue weighted by Gasteiger charge is -2.43. The van der Waals surface area contributed by atoms with E-state index in [0.29, 0.717) is 0 Å². The molecule has 0 heterocycles. The number of rotatable bonds is 5. The Kier molecular flexibility index (Phi) is 8.60. The van der Waals surface area contributed by atoms with E-state index in [2.05, 4.69) is 214 Å². The number of fused-ring (bicyclic) bond motifs is 6. The van der Waals surface area contributed by atoms with Crippen molar-refractivity contribution >= 4 is 27.8 Å². The first-order chi connectivity index (χ1) is 28.5. The molecule has 0 atom stereocenters. The zero-order chi connectivity index (χ0) is 42.0. The second-order valence-electron chi connectivity index (χ2n) is 21.5. The van der Waals surface area contributed by atoms with Crippen molar-refractivity contribution in [3.8, 4) is 33.4 Å². The summed E-state index contributed by atoms with van der Waals surface area (Å²) in [6, 6.07) is 53.9. The highest BCUT2D eigenvalue weighted by Crippen LogP contribution is 2.56. The van der Waals surface area contributed by atoms with Crippen molar-refractivity contribution in [2.75, 3.05) is 4.90 Å². The maximum absolute atomic E-state index is 2.59. The Morgan fingerprint density at radius 1 is 0.350 bits per heavy atom. The van der Waals surface area contributed by atoms with Crippen LogP contribution in [0.4, 0.5) is 17.1 Å². The Balaban J connectivity index is 1.25. The van der Waals surface area contributed by atoms with Crippen LogP contribution in [-0.2, 0) is 27.1 Å². The summed E-state index contributed by atoms with van der Waals surface area (Å²) < 4.78 is 0. The van der Waals surface area contributed by atoms with E-state index < -0.39 is 0 Å². The fraction of sp³-hybridized carbons (Fsp3) is 0.322. The molecule has 0 saturated heterocycles. The van der Waals surface area contributed by atoms with Gasteiger partial charge in [-0.2, -0.15) is 0 Å². The van der Waals surface area contributed by atoms with Crippen molar-refractivity contribution in [1.29, 1.82) is 0 Å². The predicted octanol–water partition coefficient (Wildman–Crippen LogP) is 16.6. The second-order valence-corrected chi connectivity index (χ2v) is 21.5. The van der Waals surface area contributed by atoms with Gasteiger partial charge < -0.3 is 4.90 Å². The van der Waals surface area contributed by atoms with Gasteiger partial charge in [-0.25, -0.2) is 0 Å². The van der Waals surface area contributed by atoms with E-state index in [1.165, 1.54) is 120 Å². The first-order valence-corrected chi connectivity index (χ1v) is 22.4. The topological polar surface area (TPSA) is 3.24 Å². The van der Waals surface area contributed by atoms with Crippen LogP contribution in [0.5, 0.6) is 0 Å². The molecule has 0 saturated carbocycles. The van der Waals surface area contributed by atoms with Gasteiger partial charge in [-0.1, -0.05) is 172 Å². The number of benzene rings is 7. The first-order valence-electron chi connectivity index (χ1n) is 22.4. The molecule has 10 rings (SSSR count). The summed E-state index contributed by atoms with van der Waals surface area (Å²) in [5.74, 6) is 0. The van der Waals surface area contributed by atoms with Gasteiger partial charge in [0.15, 0.2) is 0 Å². The Bertz CT molecular complexity index is 2840. The lowest BCUT2D eigenvalue weighted by atomic mass is 9.63. The molecule has 0 radical (unpaired) electrons. The summed E-state index contributed by atoms with van der Waals surface area (Å²) in [4.78, 5) is 2.59. The SMILES string of the molecule is CC1(C)CCC(C)(C)c2cc(-c3cc4c(cc3N(c3ccc(-c5cccc6ccccc56)cc3)c3ccc5c(c3)C(C)(C)CCC5(C)C)C(C)(C)c3ccccc3-4)ccc21. The molecular formula is C59H61N. The molecule has 0 spiro atoms. The van der Waals surface area contributed by atoms with Gasteiger partial charge >= 0.3 is 0 Å². The van der Waals surface area contributed by atoms with Crippen molar-refractivity contribution in [3.05, 3.63) is 173 Å². The standard InChI is InChI=1S/C59H61N/c1-55(2)30-32-57(5,6)52-34-40(24-28-49(52)55)46-36-47-45-19-13-14-21-48(45)59(9,10)51(47)37-54(46)60(42-27-29-50-53(35-42)58(7,8)33-31-56(50,3)4)41-25-22-39(23-26-41)44-20-15-17-38-16-11-12-18-43(38)44/h11-29,34-37H,30-33H2,1-10H3. The van der Waals surface area contributed by atoms with Gasteiger partial charge in [0.1, 0.15) is 0 Å². The lowest BCUT2D eigenvalue weighted by molar-refractivity contribution is 0.332. The maximum Gasteiger partial charge on any atom is 0.0543 e. The molecule has 0 unspecified atom stereocenters. The normalized spacial score (nSPS) is 18.6. The van der Waals surface area contributed by atoms with E-state index in [-0.39, 0.29) is 27.1 Å². The highest BCUT2D eigenvalue weighted by atomic mass is 15.1. The van der Waals surface area contributed by atoms with E-state index in [1.807, 2.05) is 0 Å². The third kappa shape index (κ3) is 6.01. The number of anilines is 3. The lowest BCUT2D eigenvalue weighted by Crippen LogP contribution is -2.34.